The molecule has 2 fully saturated rings. The summed E-state index contributed by atoms with van der Waals surface area (Å²) in [6, 6.07) is 7.82. The van der Waals surface area contributed by atoms with Crippen molar-refractivity contribution in [3.8, 4) is 11.5 Å². The number of fused-ring (bicyclic) bond motifs is 2. The van der Waals surface area contributed by atoms with Gasteiger partial charge in [-0.3, -0.25) is 10.1 Å². The Labute approximate surface area is 218 Å². The van der Waals surface area contributed by atoms with E-state index in [1.807, 2.05) is 0 Å². The molecule has 2 aliphatic rings. The van der Waals surface area contributed by atoms with Crippen molar-refractivity contribution in [3.05, 3.63) is 57.6 Å². The Morgan fingerprint density at radius 3 is 2.86 bits per heavy atom. The summed E-state index contributed by atoms with van der Waals surface area (Å²) in [6.07, 6.45) is 4.36. The average Bonchev–Trinajstić information content (AvgIpc) is 3.36. The summed E-state index contributed by atoms with van der Waals surface area (Å²) in [5, 5.41) is 15.9. The number of halogens is 2. The molecule has 0 bridgehead atoms. The number of nitrogens with zero attached hydrogens (tertiary/aromatic N) is 3. The molecule has 1 aliphatic carbocycles. The van der Waals surface area contributed by atoms with Crippen LogP contribution in [0.15, 0.2) is 36.7 Å². The zero-order valence-electron chi connectivity index (χ0n) is 20.4. The van der Waals surface area contributed by atoms with Crippen LogP contribution in [0.4, 0.5) is 15.9 Å². The fourth-order valence-corrected chi connectivity index (χ4v) is 5.63. The maximum absolute atomic E-state index is 13.6. The topological polar surface area (TPSA) is 109 Å². The molecular formula is C26H28ClFN4O5. The molecule has 9 nitrogen and oxygen atoms in total. The number of anilines is 2. The second-order valence-electron chi connectivity index (χ2n) is 9.73. The first-order valence-electron chi connectivity index (χ1n) is 12.3. The minimum absolute atomic E-state index is 0.00417. The smallest absolute Gasteiger partial charge is 0.222 e. The standard InChI is InChI=1S/C26H28ClFN4O5/c1-35-23-11-22-19(25(30-15-29-22)31-18-3-4-21(28)20(27)9-18)10-24(23)37-8-2-6-26(32(33)34)7-5-16-13-36-14-17(16)12-26/h3-4,9-11,15-17H,2,5-8,12-14H2,1H3,(H,29,30,31). The van der Waals surface area contributed by atoms with Gasteiger partial charge in [0.1, 0.15) is 18.0 Å². The molecule has 1 saturated heterocycles. The van der Waals surface area contributed by atoms with Gasteiger partial charge in [-0.2, -0.15) is 0 Å². The third-order valence-corrected chi connectivity index (χ3v) is 7.78. The van der Waals surface area contributed by atoms with Gasteiger partial charge in [0.2, 0.25) is 5.54 Å². The first kappa shape index (κ1) is 25.4. The lowest BCUT2D eigenvalue weighted by Crippen LogP contribution is -2.45. The van der Waals surface area contributed by atoms with E-state index >= 15 is 0 Å². The molecule has 0 spiro atoms. The first-order chi connectivity index (χ1) is 17.9. The normalized spacial score (nSPS) is 23.0. The van der Waals surface area contributed by atoms with Crippen LogP contribution in [0.1, 0.15) is 32.1 Å². The largest absolute Gasteiger partial charge is 0.493 e. The summed E-state index contributed by atoms with van der Waals surface area (Å²) in [6.45, 7) is 1.64. The lowest BCUT2D eigenvalue weighted by molar-refractivity contribution is -0.578. The minimum atomic E-state index is -0.924. The minimum Gasteiger partial charge on any atom is -0.493 e. The Bertz CT molecular complexity index is 1310. The van der Waals surface area contributed by atoms with Gasteiger partial charge >= 0.3 is 0 Å². The second kappa shape index (κ2) is 10.6. The highest BCUT2D eigenvalue weighted by molar-refractivity contribution is 6.31. The van der Waals surface area contributed by atoms with Crippen LogP contribution in [0.3, 0.4) is 0 Å². The van der Waals surface area contributed by atoms with E-state index < -0.39 is 11.4 Å². The molecule has 1 N–H and O–H groups in total. The Kier molecular flexibility index (Phi) is 7.30. The molecule has 2 aromatic carbocycles. The average molecular weight is 531 g/mol. The van der Waals surface area contributed by atoms with E-state index in [9.17, 15) is 14.5 Å². The Morgan fingerprint density at radius 2 is 2.08 bits per heavy atom. The number of rotatable bonds is 9. The molecule has 3 aromatic rings. The predicted molar refractivity (Wildman–Crippen MR) is 137 cm³/mol. The molecule has 196 valence electrons. The number of nitrogens with one attached hydrogen (secondary N) is 1. The monoisotopic (exact) mass is 530 g/mol. The number of aromatic nitrogens is 2. The molecule has 1 aliphatic heterocycles. The first-order valence-corrected chi connectivity index (χ1v) is 12.7. The van der Waals surface area contributed by atoms with Gasteiger partial charge in [0.25, 0.3) is 0 Å². The van der Waals surface area contributed by atoms with E-state index in [-0.39, 0.29) is 15.9 Å². The Balaban J connectivity index is 1.30. The molecule has 0 amide bonds. The Hall–Kier alpha value is -3.24. The van der Waals surface area contributed by atoms with Crippen LogP contribution in [0.2, 0.25) is 5.02 Å². The highest BCUT2D eigenvalue weighted by atomic mass is 35.5. The quantitative estimate of drug-likeness (QED) is 0.210. The molecule has 1 aromatic heterocycles. The van der Waals surface area contributed by atoms with Crippen molar-refractivity contribution in [3.63, 3.8) is 0 Å². The Morgan fingerprint density at radius 1 is 1.24 bits per heavy atom. The number of benzene rings is 2. The lowest BCUT2D eigenvalue weighted by Gasteiger charge is -2.35. The third kappa shape index (κ3) is 5.26. The van der Waals surface area contributed by atoms with Crippen LogP contribution in [0, 0.1) is 27.8 Å². The number of methoxy groups -OCH3 is 1. The van der Waals surface area contributed by atoms with Crippen LogP contribution in [-0.2, 0) is 4.74 Å². The van der Waals surface area contributed by atoms with Crippen LogP contribution in [0.25, 0.3) is 10.9 Å². The van der Waals surface area contributed by atoms with Crippen molar-refractivity contribution in [1.82, 2.24) is 9.97 Å². The summed E-state index contributed by atoms with van der Waals surface area (Å²) < 4.78 is 30.7. The number of ether oxygens (including phenoxy) is 3. The SMILES string of the molecule is COc1cc2ncnc(Nc3ccc(F)c(Cl)c3)c2cc1OCCCC1([N+](=O)[O-])CCC2COCC2C1. The van der Waals surface area contributed by atoms with E-state index in [0.29, 0.717) is 78.7 Å². The summed E-state index contributed by atoms with van der Waals surface area (Å²) in [5.74, 6) is 1.67. The number of hydrogen-bond donors (Lipinski definition) is 1. The van der Waals surface area contributed by atoms with Crippen LogP contribution in [0.5, 0.6) is 11.5 Å². The van der Waals surface area contributed by atoms with Crippen molar-refractivity contribution in [2.24, 2.45) is 11.8 Å². The highest BCUT2D eigenvalue weighted by Gasteiger charge is 2.50. The van der Waals surface area contributed by atoms with Crippen molar-refractivity contribution in [2.75, 3.05) is 32.2 Å². The molecular weight excluding hydrogens is 503 g/mol. The summed E-state index contributed by atoms with van der Waals surface area (Å²) in [5.41, 5.74) is 0.266. The molecule has 0 radical (unpaired) electrons. The fourth-order valence-electron chi connectivity index (χ4n) is 5.45. The molecule has 5 rings (SSSR count). The summed E-state index contributed by atoms with van der Waals surface area (Å²) in [4.78, 5) is 20.6. The maximum Gasteiger partial charge on any atom is 0.222 e. The van der Waals surface area contributed by atoms with Gasteiger partial charge in [-0.25, -0.2) is 14.4 Å². The van der Waals surface area contributed by atoms with Crippen molar-refractivity contribution < 1.29 is 23.5 Å². The zero-order valence-corrected chi connectivity index (χ0v) is 21.2. The molecule has 2 heterocycles. The maximum atomic E-state index is 13.6. The zero-order chi connectivity index (χ0) is 26.0. The molecule has 1 saturated carbocycles. The molecule has 11 heteroatoms. The summed E-state index contributed by atoms with van der Waals surface area (Å²) >= 11 is 5.91. The van der Waals surface area contributed by atoms with Gasteiger partial charge in [0.05, 0.1) is 30.9 Å². The highest BCUT2D eigenvalue weighted by Crippen LogP contribution is 2.44. The number of nitro groups is 1. The molecule has 37 heavy (non-hydrogen) atoms. The van der Waals surface area contributed by atoms with E-state index in [2.05, 4.69) is 15.3 Å². The third-order valence-electron chi connectivity index (χ3n) is 7.49. The molecule has 3 atom stereocenters. The van der Waals surface area contributed by atoms with Gasteiger partial charge in [-0.1, -0.05) is 11.6 Å². The van der Waals surface area contributed by atoms with Gasteiger partial charge < -0.3 is 19.5 Å². The van der Waals surface area contributed by atoms with E-state index in [1.165, 1.54) is 18.5 Å². The van der Waals surface area contributed by atoms with Crippen molar-refractivity contribution >= 4 is 34.0 Å². The van der Waals surface area contributed by atoms with Crippen LogP contribution >= 0.6 is 11.6 Å². The van der Waals surface area contributed by atoms with E-state index in [1.54, 1.807) is 25.3 Å². The fraction of sp³-hybridized carbons (Fsp3) is 0.462. The van der Waals surface area contributed by atoms with Crippen LogP contribution in [-0.4, -0.2) is 47.4 Å². The predicted octanol–water partition coefficient (Wildman–Crippen LogP) is 5.80. The summed E-state index contributed by atoms with van der Waals surface area (Å²) in [7, 11) is 1.54. The van der Waals surface area contributed by atoms with Crippen molar-refractivity contribution in [1.29, 1.82) is 0 Å². The van der Waals surface area contributed by atoms with Crippen LogP contribution < -0.4 is 14.8 Å². The van der Waals surface area contributed by atoms with Gasteiger partial charge in [-0.05, 0) is 48.9 Å². The van der Waals surface area contributed by atoms with Gasteiger partial charge in [0, 0.05) is 47.9 Å². The van der Waals surface area contributed by atoms with E-state index in [0.717, 1.165) is 13.0 Å². The van der Waals surface area contributed by atoms with Gasteiger partial charge in [0.15, 0.2) is 11.5 Å². The van der Waals surface area contributed by atoms with Gasteiger partial charge in [-0.15, -0.1) is 0 Å². The molecule has 3 unspecified atom stereocenters. The number of hydrogen-bond acceptors (Lipinski definition) is 8. The second-order valence-corrected chi connectivity index (χ2v) is 10.1. The van der Waals surface area contributed by atoms with E-state index in [4.69, 9.17) is 25.8 Å². The lowest BCUT2D eigenvalue weighted by atomic mass is 9.70. The van der Waals surface area contributed by atoms with Crippen molar-refractivity contribution in [2.45, 2.75) is 37.6 Å².